The SMILES string of the molecule is NC(=O)N(O)[C@H]1C[C@@H](c2cccc(Cl)c2)C1. The smallest absolute Gasteiger partial charge is 0.338 e. The summed E-state index contributed by atoms with van der Waals surface area (Å²) in [6, 6.07) is 6.67. The highest BCUT2D eigenvalue weighted by Crippen LogP contribution is 2.39. The maximum atomic E-state index is 10.7. The highest BCUT2D eigenvalue weighted by Gasteiger charge is 2.35. The first-order valence-electron chi connectivity index (χ1n) is 5.11. The van der Waals surface area contributed by atoms with Gasteiger partial charge in [-0.1, -0.05) is 23.7 Å². The van der Waals surface area contributed by atoms with Gasteiger partial charge < -0.3 is 5.73 Å². The van der Waals surface area contributed by atoms with E-state index in [1.54, 1.807) is 0 Å². The predicted molar refractivity (Wildman–Crippen MR) is 60.4 cm³/mol. The van der Waals surface area contributed by atoms with E-state index in [0.29, 0.717) is 16.0 Å². The van der Waals surface area contributed by atoms with Crippen molar-refractivity contribution in [1.29, 1.82) is 0 Å². The molecule has 16 heavy (non-hydrogen) atoms. The van der Waals surface area contributed by atoms with Crippen LogP contribution in [0.1, 0.15) is 24.3 Å². The topological polar surface area (TPSA) is 66.6 Å². The van der Waals surface area contributed by atoms with Crippen molar-refractivity contribution in [3.63, 3.8) is 0 Å². The third-order valence-electron chi connectivity index (χ3n) is 3.00. The summed E-state index contributed by atoms with van der Waals surface area (Å²) in [5.74, 6) is 0.345. The van der Waals surface area contributed by atoms with Gasteiger partial charge in [-0.2, -0.15) is 0 Å². The van der Waals surface area contributed by atoms with Gasteiger partial charge in [-0.25, -0.2) is 9.86 Å². The molecule has 0 bridgehead atoms. The standard InChI is InChI=1S/C11H13ClN2O2/c12-9-3-1-2-7(4-9)8-5-10(6-8)14(16)11(13)15/h1-4,8,10,16H,5-6H2,(H2,13,15)/t8-,10+. The second-order valence-electron chi connectivity index (χ2n) is 4.06. The molecule has 0 atom stereocenters. The normalized spacial score (nSPS) is 23.6. The summed E-state index contributed by atoms with van der Waals surface area (Å²) in [4.78, 5) is 10.7. The van der Waals surface area contributed by atoms with Gasteiger partial charge in [-0.15, -0.1) is 0 Å². The zero-order valence-electron chi connectivity index (χ0n) is 8.64. The van der Waals surface area contributed by atoms with Crippen molar-refractivity contribution in [2.24, 2.45) is 5.73 Å². The van der Waals surface area contributed by atoms with Gasteiger partial charge >= 0.3 is 6.03 Å². The number of primary amides is 1. The molecular weight excluding hydrogens is 228 g/mol. The molecule has 86 valence electrons. The zero-order chi connectivity index (χ0) is 11.7. The fourth-order valence-corrected chi connectivity index (χ4v) is 2.20. The van der Waals surface area contributed by atoms with Crippen molar-refractivity contribution in [1.82, 2.24) is 5.06 Å². The van der Waals surface area contributed by atoms with Gasteiger partial charge in [0, 0.05) is 5.02 Å². The van der Waals surface area contributed by atoms with Crippen LogP contribution in [0.25, 0.3) is 0 Å². The Hall–Kier alpha value is -1.26. The van der Waals surface area contributed by atoms with Crippen LogP contribution < -0.4 is 5.73 Å². The number of benzene rings is 1. The van der Waals surface area contributed by atoms with E-state index in [1.165, 1.54) is 0 Å². The van der Waals surface area contributed by atoms with E-state index in [4.69, 9.17) is 17.3 Å². The molecule has 0 aliphatic heterocycles. The van der Waals surface area contributed by atoms with Crippen LogP contribution in [0, 0.1) is 0 Å². The maximum Gasteiger partial charge on any atom is 0.338 e. The lowest BCUT2D eigenvalue weighted by molar-refractivity contribution is -0.102. The Kier molecular flexibility index (Phi) is 3.03. The molecule has 1 saturated carbocycles. The molecule has 1 aromatic carbocycles. The zero-order valence-corrected chi connectivity index (χ0v) is 9.39. The van der Waals surface area contributed by atoms with Crippen LogP contribution in [-0.4, -0.2) is 22.3 Å². The molecule has 1 fully saturated rings. The first-order valence-corrected chi connectivity index (χ1v) is 5.48. The van der Waals surface area contributed by atoms with E-state index in [1.807, 2.05) is 24.3 Å². The number of carbonyl (C=O) groups excluding carboxylic acids is 1. The van der Waals surface area contributed by atoms with Crippen LogP contribution in [0.3, 0.4) is 0 Å². The fourth-order valence-electron chi connectivity index (χ4n) is 2.00. The number of amides is 2. The molecule has 0 aromatic heterocycles. The van der Waals surface area contributed by atoms with Crippen LogP contribution in [0.15, 0.2) is 24.3 Å². The maximum absolute atomic E-state index is 10.7. The third-order valence-corrected chi connectivity index (χ3v) is 3.24. The molecule has 1 aliphatic carbocycles. The first-order chi connectivity index (χ1) is 7.58. The summed E-state index contributed by atoms with van der Waals surface area (Å²) in [5, 5.41) is 10.6. The molecular formula is C11H13ClN2O2. The lowest BCUT2D eigenvalue weighted by atomic mass is 9.76. The molecule has 4 nitrogen and oxygen atoms in total. The average molecular weight is 241 g/mol. The number of hydrogen-bond acceptors (Lipinski definition) is 2. The monoisotopic (exact) mass is 240 g/mol. The molecule has 0 spiro atoms. The molecule has 0 heterocycles. The number of urea groups is 1. The van der Waals surface area contributed by atoms with E-state index in [2.05, 4.69) is 0 Å². The van der Waals surface area contributed by atoms with Crippen LogP contribution in [-0.2, 0) is 0 Å². The van der Waals surface area contributed by atoms with E-state index >= 15 is 0 Å². The molecule has 0 saturated heterocycles. The molecule has 1 aliphatic rings. The number of hydroxylamine groups is 2. The third kappa shape index (κ3) is 2.13. The van der Waals surface area contributed by atoms with Gasteiger partial charge in [0.15, 0.2) is 0 Å². The van der Waals surface area contributed by atoms with Crippen molar-refractivity contribution in [3.05, 3.63) is 34.9 Å². The van der Waals surface area contributed by atoms with Crippen molar-refractivity contribution >= 4 is 17.6 Å². The van der Waals surface area contributed by atoms with Crippen LogP contribution in [0.4, 0.5) is 4.79 Å². The fraction of sp³-hybridized carbons (Fsp3) is 0.364. The van der Waals surface area contributed by atoms with Crippen molar-refractivity contribution < 1.29 is 10.0 Å². The number of halogens is 1. The average Bonchev–Trinajstić information content (AvgIpc) is 2.15. The van der Waals surface area contributed by atoms with Gasteiger partial charge in [-0.05, 0) is 36.5 Å². The first kappa shape index (κ1) is 11.2. The summed E-state index contributed by atoms with van der Waals surface area (Å²) < 4.78 is 0. The minimum Gasteiger partial charge on any atom is -0.350 e. The van der Waals surface area contributed by atoms with Crippen LogP contribution in [0.5, 0.6) is 0 Å². The largest absolute Gasteiger partial charge is 0.350 e. The van der Waals surface area contributed by atoms with Crippen molar-refractivity contribution in [2.45, 2.75) is 24.8 Å². The summed E-state index contributed by atoms with van der Waals surface area (Å²) in [5.41, 5.74) is 6.11. The van der Waals surface area contributed by atoms with E-state index in [0.717, 1.165) is 18.4 Å². The quantitative estimate of drug-likeness (QED) is 0.616. The Morgan fingerprint density at radius 3 is 2.75 bits per heavy atom. The highest BCUT2D eigenvalue weighted by atomic mass is 35.5. The Bertz CT molecular complexity index is 405. The minimum atomic E-state index is -0.797. The molecule has 1 aromatic rings. The van der Waals surface area contributed by atoms with Crippen molar-refractivity contribution in [2.75, 3.05) is 0 Å². The van der Waals surface area contributed by atoms with Crippen molar-refractivity contribution in [3.8, 4) is 0 Å². The Labute approximate surface area is 98.6 Å². The summed E-state index contributed by atoms with van der Waals surface area (Å²) in [7, 11) is 0. The summed E-state index contributed by atoms with van der Waals surface area (Å²) in [6.45, 7) is 0. The van der Waals surface area contributed by atoms with Gasteiger partial charge in [0.05, 0.1) is 6.04 Å². The minimum absolute atomic E-state index is 0.165. The van der Waals surface area contributed by atoms with Gasteiger partial charge in [0.2, 0.25) is 0 Å². The molecule has 2 rings (SSSR count). The summed E-state index contributed by atoms with van der Waals surface area (Å²) in [6.07, 6.45) is 1.44. The van der Waals surface area contributed by atoms with E-state index in [-0.39, 0.29) is 6.04 Å². The number of nitrogens with two attached hydrogens (primary N) is 1. The van der Waals surface area contributed by atoms with Crippen LogP contribution in [0.2, 0.25) is 5.02 Å². The lowest BCUT2D eigenvalue weighted by Crippen LogP contribution is -2.47. The van der Waals surface area contributed by atoms with Crippen LogP contribution >= 0.6 is 11.6 Å². The number of rotatable bonds is 2. The molecule has 0 radical (unpaired) electrons. The van der Waals surface area contributed by atoms with Gasteiger partial charge in [0.1, 0.15) is 0 Å². The Balaban J connectivity index is 1.96. The summed E-state index contributed by atoms with van der Waals surface area (Å²) >= 11 is 5.89. The number of carbonyl (C=O) groups is 1. The lowest BCUT2D eigenvalue weighted by Gasteiger charge is -2.39. The molecule has 0 unspecified atom stereocenters. The molecule has 5 heteroatoms. The van der Waals surface area contributed by atoms with E-state index in [9.17, 15) is 10.0 Å². The highest BCUT2D eigenvalue weighted by molar-refractivity contribution is 6.30. The number of hydrogen-bond donors (Lipinski definition) is 2. The second-order valence-corrected chi connectivity index (χ2v) is 4.50. The van der Waals surface area contributed by atoms with E-state index < -0.39 is 6.03 Å². The second kappa shape index (κ2) is 4.31. The predicted octanol–water partition coefficient (Wildman–Crippen LogP) is 2.36. The Morgan fingerprint density at radius 1 is 1.50 bits per heavy atom. The molecule has 2 amide bonds. The number of nitrogens with zero attached hydrogens (tertiary/aromatic N) is 1. The van der Waals surface area contributed by atoms with Gasteiger partial charge in [0.25, 0.3) is 0 Å². The van der Waals surface area contributed by atoms with Gasteiger partial charge in [-0.3, -0.25) is 5.21 Å². The Morgan fingerprint density at radius 2 is 2.19 bits per heavy atom. The molecule has 3 N–H and O–H groups in total.